The van der Waals surface area contributed by atoms with E-state index in [1.165, 1.54) is 18.4 Å². The lowest BCUT2D eigenvalue weighted by Gasteiger charge is -2.11. The molecule has 0 saturated heterocycles. The van der Waals surface area contributed by atoms with Crippen LogP contribution in [0.4, 0.5) is 0 Å². The zero-order chi connectivity index (χ0) is 10.1. The highest BCUT2D eigenvalue weighted by molar-refractivity contribution is 5.26. The standard InChI is InChI=1S/C13H18O/c1-9(2)10-3-5-11(6-4-10)13(14)12-7-8-12/h3-6,9,12-14H,7-8H2,1-2H3. The second-order valence-corrected chi connectivity index (χ2v) is 4.60. The van der Waals surface area contributed by atoms with Gasteiger partial charge in [0, 0.05) is 0 Å². The summed E-state index contributed by atoms with van der Waals surface area (Å²) in [5.74, 6) is 1.10. The Hall–Kier alpha value is -0.820. The van der Waals surface area contributed by atoms with Gasteiger partial charge < -0.3 is 5.11 Å². The van der Waals surface area contributed by atoms with E-state index in [2.05, 4.69) is 38.1 Å². The first-order chi connectivity index (χ1) is 6.68. The van der Waals surface area contributed by atoms with Crippen molar-refractivity contribution in [1.29, 1.82) is 0 Å². The summed E-state index contributed by atoms with van der Waals surface area (Å²) in [6.45, 7) is 4.37. The van der Waals surface area contributed by atoms with Gasteiger partial charge in [0.05, 0.1) is 6.10 Å². The van der Waals surface area contributed by atoms with Gasteiger partial charge in [0.15, 0.2) is 0 Å². The third-order valence-corrected chi connectivity index (χ3v) is 3.01. The summed E-state index contributed by atoms with van der Waals surface area (Å²) < 4.78 is 0. The van der Waals surface area contributed by atoms with Crippen LogP contribution < -0.4 is 0 Å². The summed E-state index contributed by atoms with van der Waals surface area (Å²) in [5.41, 5.74) is 2.42. The molecule has 0 spiro atoms. The maximum atomic E-state index is 9.89. The molecule has 0 heterocycles. The molecule has 1 atom stereocenters. The van der Waals surface area contributed by atoms with Crippen LogP contribution in [0.25, 0.3) is 0 Å². The van der Waals surface area contributed by atoms with Gasteiger partial charge in [0.25, 0.3) is 0 Å². The zero-order valence-corrected chi connectivity index (χ0v) is 8.90. The number of aliphatic hydroxyl groups is 1. The van der Waals surface area contributed by atoms with E-state index in [1.54, 1.807) is 0 Å². The predicted molar refractivity (Wildman–Crippen MR) is 58.2 cm³/mol. The van der Waals surface area contributed by atoms with Crippen molar-refractivity contribution in [3.8, 4) is 0 Å². The molecule has 1 aliphatic carbocycles. The molecule has 0 amide bonds. The lowest BCUT2D eigenvalue weighted by atomic mass is 9.99. The minimum Gasteiger partial charge on any atom is -0.388 e. The topological polar surface area (TPSA) is 20.2 Å². The van der Waals surface area contributed by atoms with Crippen molar-refractivity contribution in [2.24, 2.45) is 5.92 Å². The van der Waals surface area contributed by atoms with Crippen LogP contribution in [0, 0.1) is 5.92 Å². The Morgan fingerprint density at radius 2 is 1.57 bits per heavy atom. The number of aliphatic hydroxyl groups excluding tert-OH is 1. The molecule has 1 aromatic rings. The molecule has 0 aromatic heterocycles. The van der Waals surface area contributed by atoms with E-state index in [-0.39, 0.29) is 6.10 Å². The van der Waals surface area contributed by atoms with Gasteiger partial charge >= 0.3 is 0 Å². The summed E-state index contributed by atoms with van der Waals surface area (Å²) in [4.78, 5) is 0. The van der Waals surface area contributed by atoms with Crippen molar-refractivity contribution in [3.63, 3.8) is 0 Å². The van der Waals surface area contributed by atoms with Gasteiger partial charge in [-0.25, -0.2) is 0 Å². The summed E-state index contributed by atoms with van der Waals surface area (Å²) in [5, 5.41) is 9.89. The van der Waals surface area contributed by atoms with E-state index >= 15 is 0 Å². The van der Waals surface area contributed by atoms with E-state index in [0.717, 1.165) is 5.56 Å². The Morgan fingerprint density at radius 3 is 2.00 bits per heavy atom. The summed E-state index contributed by atoms with van der Waals surface area (Å²) in [7, 11) is 0. The molecule has 1 aliphatic rings. The highest BCUT2D eigenvalue weighted by Crippen LogP contribution is 2.40. The zero-order valence-electron chi connectivity index (χ0n) is 8.90. The van der Waals surface area contributed by atoms with Gasteiger partial charge in [-0.3, -0.25) is 0 Å². The van der Waals surface area contributed by atoms with Crippen molar-refractivity contribution in [2.45, 2.75) is 38.7 Å². The van der Waals surface area contributed by atoms with Crippen LogP contribution in [-0.2, 0) is 0 Å². The number of hydrogen-bond acceptors (Lipinski definition) is 1. The van der Waals surface area contributed by atoms with E-state index in [1.807, 2.05) is 0 Å². The summed E-state index contributed by atoms with van der Waals surface area (Å²) >= 11 is 0. The molecule has 1 heteroatoms. The lowest BCUT2D eigenvalue weighted by Crippen LogP contribution is -1.99. The lowest BCUT2D eigenvalue weighted by molar-refractivity contribution is 0.154. The van der Waals surface area contributed by atoms with E-state index in [9.17, 15) is 5.11 Å². The van der Waals surface area contributed by atoms with Gasteiger partial charge in [-0.1, -0.05) is 38.1 Å². The molecule has 0 aliphatic heterocycles. The van der Waals surface area contributed by atoms with Crippen LogP contribution in [0.15, 0.2) is 24.3 Å². The first-order valence-electron chi connectivity index (χ1n) is 5.46. The molecule has 1 N–H and O–H groups in total. The van der Waals surface area contributed by atoms with Crippen LogP contribution >= 0.6 is 0 Å². The third-order valence-electron chi connectivity index (χ3n) is 3.01. The van der Waals surface area contributed by atoms with Crippen molar-refractivity contribution in [2.75, 3.05) is 0 Å². The molecule has 1 unspecified atom stereocenters. The Kier molecular flexibility index (Phi) is 2.60. The Bertz CT molecular complexity index is 296. The SMILES string of the molecule is CC(C)c1ccc(C(O)C2CC2)cc1. The second-order valence-electron chi connectivity index (χ2n) is 4.60. The second kappa shape index (κ2) is 3.74. The third kappa shape index (κ3) is 1.98. The fourth-order valence-electron chi connectivity index (χ4n) is 1.76. The Labute approximate surface area is 85.8 Å². The van der Waals surface area contributed by atoms with Crippen molar-refractivity contribution in [1.82, 2.24) is 0 Å². The maximum Gasteiger partial charge on any atom is 0.0818 e. The monoisotopic (exact) mass is 190 g/mol. The van der Waals surface area contributed by atoms with Gasteiger partial charge in [0.1, 0.15) is 0 Å². The molecule has 76 valence electrons. The van der Waals surface area contributed by atoms with Gasteiger partial charge in [-0.05, 0) is 35.8 Å². The fraction of sp³-hybridized carbons (Fsp3) is 0.538. The van der Waals surface area contributed by atoms with Crippen LogP contribution in [0.2, 0.25) is 0 Å². The van der Waals surface area contributed by atoms with Crippen LogP contribution in [0.1, 0.15) is 49.8 Å². The van der Waals surface area contributed by atoms with Gasteiger partial charge in [-0.2, -0.15) is 0 Å². The smallest absolute Gasteiger partial charge is 0.0818 e. The predicted octanol–water partition coefficient (Wildman–Crippen LogP) is 3.25. The summed E-state index contributed by atoms with van der Waals surface area (Å²) in [6.07, 6.45) is 2.15. The van der Waals surface area contributed by atoms with Crippen LogP contribution in [0.5, 0.6) is 0 Å². The van der Waals surface area contributed by atoms with E-state index in [4.69, 9.17) is 0 Å². The molecule has 1 fully saturated rings. The average Bonchev–Trinajstić information content (AvgIpc) is 3.00. The molecule has 1 aromatic carbocycles. The number of benzene rings is 1. The molecule has 0 bridgehead atoms. The van der Waals surface area contributed by atoms with Crippen molar-refractivity contribution >= 4 is 0 Å². The molecule has 14 heavy (non-hydrogen) atoms. The quantitative estimate of drug-likeness (QED) is 0.775. The van der Waals surface area contributed by atoms with Crippen LogP contribution in [0.3, 0.4) is 0 Å². The number of rotatable bonds is 3. The fourth-order valence-corrected chi connectivity index (χ4v) is 1.76. The van der Waals surface area contributed by atoms with Gasteiger partial charge in [-0.15, -0.1) is 0 Å². The van der Waals surface area contributed by atoms with Crippen LogP contribution in [-0.4, -0.2) is 5.11 Å². The molecule has 1 nitrogen and oxygen atoms in total. The normalized spacial score (nSPS) is 18.6. The van der Waals surface area contributed by atoms with E-state index in [0.29, 0.717) is 11.8 Å². The molecular formula is C13H18O. The summed E-state index contributed by atoms with van der Waals surface area (Å²) in [6, 6.07) is 8.40. The van der Waals surface area contributed by atoms with Crippen molar-refractivity contribution in [3.05, 3.63) is 35.4 Å². The highest BCUT2D eigenvalue weighted by atomic mass is 16.3. The minimum atomic E-state index is -0.226. The number of hydrogen-bond donors (Lipinski definition) is 1. The first kappa shape index (κ1) is 9.72. The van der Waals surface area contributed by atoms with E-state index < -0.39 is 0 Å². The molecule has 0 radical (unpaired) electrons. The van der Waals surface area contributed by atoms with Crippen molar-refractivity contribution < 1.29 is 5.11 Å². The minimum absolute atomic E-state index is 0.226. The molecule has 2 rings (SSSR count). The Balaban J connectivity index is 2.12. The molecular weight excluding hydrogens is 172 g/mol. The highest BCUT2D eigenvalue weighted by Gasteiger charge is 2.30. The van der Waals surface area contributed by atoms with Gasteiger partial charge in [0.2, 0.25) is 0 Å². The average molecular weight is 190 g/mol. The Morgan fingerprint density at radius 1 is 1.07 bits per heavy atom. The molecule has 1 saturated carbocycles. The first-order valence-corrected chi connectivity index (χ1v) is 5.46. The largest absolute Gasteiger partial charge is 0.388 e. The maximum absolute atomic E-state index is 9.89.